The first-order chi connectivity index (χ1) is 27.5. The molecule has 0 spiro atoms. The molecule has 0 amide bonds. The highest BCUT2D eigenvalue weighted by molar-refractivity contribution is 7.19. The lowest BCUT2D eigenvalue weighted by atomic mass is 9.80. The van der Waals surface area contributed by atoms with Gasteiger partial charge in [-0.1, -0.05) is 184 Å². The molecule has 0 radical (unpaired) electrons. The van der Waals surface area contributed by atoms with E-state index in [0.717, 1.165) is 16.7 Å². The van der Waals surface area contributed by atoms with Crippen molar-refractivity contribution in [3.8, 4) is 88.4 Å². The molecule has 0 aliphatic heterocycles. The zero-order valence-corrected chi connectivity index (χ0v) is 32.0. The van der Waals surface area contributed by atoms with Gasteiger partial charge in [-0.3, -0.25) is 0 Å². The third kappa shape index (κ3) is 5.96. The Kier molecular flexibility index (Phi) is 8.35. The number of hydrogen-bond donors (Lipinski definition) is 0. The Hall–Kier alpha value is -6.75. The molecule has 1 aliphatic carbocycles. The van der Waals surface area contributed by atoms with Crippen LogP contribution in [0.2, 0.25) is 0 Å². The standard InChI is InChI=1S/C52H37N3S/c1-52(2)44-33-42(51-54-49(36-21-11-5-12-22-36)53-50(55-51)37-23-13-6-14-24-37)29-30-43(44)45-46(52)48(41-28-16-26-39(32-41)35-19-9-4-10-20-35)56-47(45)40-27-15-25-38(31-40)34-17-7-3-8-18-34/h3-33H,1-2H3. The van der Waals surface area contributed by atoms with E-state index < -0.39 is 0 Å². The normalized spacial score (nSPS) is 12.6. The molecule has 0 N–H and O–H groups in total. The Labute approximate surface area is 331 Å². The Balaban J connectivity index is 1.16. The Morgan fingerprint density at radius 3 is 1.27 bits per heavy atom. The third-order valence-corrected chi connectivity index (χ3v) is 12.2. The number of benzene rings is 7. The van der Waals surface area contributed by atoms with Crippen LogP contribution in [-0.4, -0.2) is 15.0 Å². The van der Waals surface area contributed by atoms with Gasteiger partial charge in [0.1, 0.15) is 0 Å². The van der Waals surface area contributed by atoms with Gasteiger partial charge in [0.05, 0.1) is 0 Å². The van der Waals surface area contributed by atoms with Crippen molar-refractivity contribution in [1.29, 1.82) is 0 Å². The van der Waals surface area contributed by atoms with E-state index >= 15 is 0 Å². The number of fused-ring (bicyclic) bond motifs is 3. The number of aromatic nitrogens is 3. The molecule has 3 nitrogen and oxygen atoms in total. The highest BCUT2D eigenvalue weighted by atomic mass is 32.1. The third-order valence-electron chi connectivity index (χ3n) is 10.9. The lowest BCUT2D eigenvalue weighted by Crippen LogP contribution is -2.15. The molecule has 56 heavy (non-hydrogen) atoms. The largest absolute Gasteiger partial charge is 0.208 e. The zero-order valence-electron chi connectivity index (χ0n) is 31.1. The molecular formula is C52H37N3S. The predicted octanol–water partition coefficient (Wildman–Crippen LogP) is 13.9. The van der Waals surface area contributed by atoms with E-state index in [9.17, 15) is 0 Å². The van der Waals surface area contributed by atoms with Crippen molar-refractivity contribution in [2.24, 2.45) is 0 Å². The van der Waals surface area contributed by atoms with Crippen molar-refractivity contribution >= 4 is 11.3 Å². The molecule has 0 atom stereocenters. The fourth-order valence-electron chi connectivity index (χ4n) is 8.12. The molecule has 7 aromatic carbocycles. The maximum Gasteiger partial charge on any atom is 0.164 e. The molecule has 1 aliphatic rings. The van der Waals surface area contributed by atoms with Crippen LogP contribution < -0.4 is 0 Å². The maximum atomic E-state index is 5.10. The van der Waals surface area contributed by atoms with Crippen LogP contribution in [0.25, 0.3) is 88.4 Å². The summed E-state index contributed by atoms with van der Waals surface area (Å²) in [6, 6.07) is 66.6. The van der Waals surface area contributed by atoms with E-state index in [4.69, 9.17) is 15.0 Å². The van der Waals surface area contributed by atoms with Gasteiger partial charge in [-0.05, 0) is 68.3 Å². The summed E-state index contributed by atoms with van der Waals surface area (Å²) in [4.78, 5) is 17.7. The summed E-state index contributed by atoms with van der Waals surface area (Å²) in [5.41, 5.74) is 15.1. The van der Waals surface area contributed by atoms with Gasteiger partial charge >= 0.3 is 0 Å². The molecule has 0 fully saturated rings. The second-order valence-corrected chi connectivity index (χ2v) is 15.8. The van der Waals surface area contributed by atoms with Crippen LogP contribution >= 0.6 is 11.3 Å². The van der Waals surface area contributed by atoms with Crippen molar-refractivity contribution < 1.29 is 0 Å². The van der Waals surface area contributed by atoms with Gasteiger partial charge in [-0.2, -0.15) is 0 Å². The summed E-state index contributed by atoms with van der Waals surface area (Å²) in [5, 5.41) is 0. The number of rotatable bonds is 7. The summed E-state index contributed by atoms with van der Waals surface area (Å²) in [7, 11) is 0. The highest BCUT2D eigenvalue weighted by Gasteiger charge is 2.41. The molecule has 4 heteroatoms. The SMILES string of the molecule is CC1(C)c2cc(-c3nc(-c4ccccc4)nc(-c4ccccc4)n3)ccc2-c2c(-c3cccc(-c4ccccc4)c3)sc(-c3cccc(-c4ccccc4)c3)c21. The van der Waals surface area contributed by atoms with E-state index in [1.54, 1.807) is 0 Å². The van der Waals surface area contributed by atoms with Gasteiger partial charge in [0.15, 0.2) is 17.5 Å². The van der Waals surface area contributed by atoms with Crippen molar-refractivity contribution in [3.63, 3.8) is 0 Å². The Bertz CT molecular complexity index is 2800. The fourth-order valence-corrected chi connectivity index (χ4v) is 9.59. The molecule has 0 saturated heterocycles. The number of hydrogen-bond acceptors (Lipinski definition) is 4. The predicted molar refractivity (Wildman–Crippen MR) is 233 cm³/mol. The van der Waals surface area contributed by atoms with Gasteiger partial charge in [0.2, 0.25) is 0 Å². The van der Waals surface area contributed by atoms with Gasteiger partial charge in [-0.25, -0.2) is 15.0 Å². The van der Waals surface area contributed by atoms with E-state index in [1.165, 1.54) is 65.4 Å². The van der Waals surface area contributed by atoms with Crippen molar-refractivity contribution in [1.82, 2.24) is 15.0 Å². The zero-order chi connectivity index (χ0) is 37.6. The first-order valence-corrected chi connectivity index (χ1v) is 19.8. The van der Waals surface area contributed by atoms with Gasteiger partial charge in [0.25, 0.3) is 0 Å². The average molecular weight is 736 g/mol. The molecule has 10 rings (SSSR count). The van der Waals surface area contributed by atoms with Crippen LogP contribution in [-0.2, 0) is 5.41 Å². The van der Waals surface area contributed by atoms with Crippen molar-refractivity contribution in [3.05, 3.63) is 199 Å². The lowest BCUT2D eigenvalue weighted by Gasteiger charge is -2.23. The van der Waals surface area contributed by atoms with Crippen LogP contribution in [0.1, 0.15) is 25.0 Å². The minimum absolute atomic E-state index is 0.303. The van der Waals surface area contributed by atoms with Gasteiger partial charge in [0, 0.05) is 37.4 Å². The quantitative estimate of drug-likeness (QED) is 0.164. The van der Waals surface area contributed by atoms with Gasteiger partial charge < -0.3 is 0 Å². The second kappa shape index (κ2) is 13.8. The molecule has 0 unspecified atom stereocenters. The molecule has 0 saturated carbocycles. The minimum atomic E-state index is -0.303. The Morgan fingerprint density at radius 2 is 0.768 bits per heavy atom. The van der Waals surface area contributed by atoms with E-state index in [1.807, 2.05) is 47.7 Å². The number of thiophene rings is 1. The number of nitrogens with zero attached hydrogens (tertiary/aromatic N) is 3. The van der Waals surface area contributed by atoms with Crippen LogP contribution in [0.15, 0.2) is 188 Å². The summed E-state index contributed by atoms with van der Waals surface area (Å²) in [6.45, 7) is 4.75. The smallest absolute Gasteiger partial charge is 0.164 e. The van der Waals surface area contributed by atoms with Crippen LogP contribution in [0.3, 0.4) is 0 Å². The minimum Gasteiger partial charge on any atom is -0.208 e. The fraction of sp³-hybridized carbons (Fsp3) is 0.0577. The van der Waals surface area contributed by atoms with Gasteiger partial charge in [-0.15, -0.1) is 11.3 Å². The van der Waals surface area contributed by atoms with E-state index in [0.29, 0.717) is 17.5 Å². The first-order valence-electron chi connectivity index (χ1n) is 19.0. The van der Waals surface area contributed by atoms with E-state index in [2.05, 4.69) is 166 Å². The molecule has 2 heterocycles. The summed E-state index contributed by atoms with van der Waals surface area (Å²) < 4.78 is 0. The Morgan fingerprint density at radius 1 is 0.357 bits per heavy atom. The summed E-state index contributed by atoms with van der Waals surface area (Å²) >= 11 is 1.91. The lowest BCUT2D eigenvalue weighted by molar-refractivity contribution is 0.664. The maximum absolute atomic E-state index is 5.10. The van der Waals surface area contributed by atoms with E-state index in [-0.39, 0.29) is 5.41 Å². The molecule has 266 valence electrons. The molecule has 0 bridgehead atoms. The second-order valence-electron chi connectivity index (χ2n) is 14.8. The molecular weight excluding hydrogens is 699 g/mol. The van der Waals surface area contributed by atoms with Crippen LogP contribution in [0, 0.1) is 0 Å². The average Bonchev–Trinajstić information content (AvgIpc) is 3.79. The van der Waals surface area contributed by atoms with Crippen LogP contribution in [0.5, 0.6) is 0 Å². The highest BCUT2D eigenvalue weighted by Crippen LogP contribution is 2.60. The summed E-state index contributed by atoms with van der Waals surface area (Å²) in [6.07, 6.45) is 0. The monoisotopic (exact) mass is 735 g/mol. The van der Waals surface area contributed by atoms with Crippen molar-refractivity contribution in [2.45, 2.75) is 19.3 Å². The summed E-state index contributed by atoms with van der Waals surface area (Å²) in [5.74, 6) is 1.99. The van der Waals surface area contributed by atoms with Crippen LogP contribution in [0.4, 0.5) is 0 Å². The first kappa shape index (κ1) is 33.8. The molecule has 9 aromatic rings. The van der Waals surface area contributed by atoms with Crippen molar-refractivity contribution in [2.75, 3.05) is 0 Å². The topological polar surface area (TPSA) is 38.7 Å². The molecule has 2 aromatic heterocycles.